The van der Waals surface area contributed by atoms with Crippen molar-refractivity contribution in [3.8, 4) is 28.4 Å². The molecule has 53 heavy (non-hydrogen) atoms. The fourth-order valence-electron chi connectivity index (χ4n) is 8.27. The second-order valence-electron chi connectivity index (χ2n) is 15.5. The standard InChI is InChI=1S/C47H44N4O.Pt/c1-30-15-24-41(50-29-49(6)43-13-9-10-14-44(43)50)39-26-34(20-22-36(30)39)52-35-21-23-38-37-11-7-8-12-42(37)51(45(38)27-35)46-25-31(2)40(28-48-46)32-16-18-33(19-17-32)47(3,4)5;/h7-14,16-23,25-28,30,41H,15,24H2,1-6H3;/i2D3;. The van der Waals surface area contributed by atoms with E-state index in [0.29, 0.717) is 23.0 Å². The number of hydrogen-bond donors (Lipinski definition) is 0. The van der Waals surface area contributed by atoms with Gasteiger partial charge in [-0.05, 0) is 41.1 Å². The van der Waals surface area contributed by atoms with Crippen LogP contribution in [0.5, 0.6) is 11.5 Å². The van der Waals surface area contributed by atoms with Gasteiger partial charge in [0.05, 0.1) is 0 Å². The van der Waals surface area contributed by atoms with Crippen LogP contribution in [0.25, 0.3) is 49.8 Å². The van der Waals surface area contributed by atoms with Crippen LogP contribution in [0.15, 0.2) is 121 Å². The Hall–Kier alpha value is -4.99. The van der Waals surface area contributed by atoms with Crippen LogP contribution < -0.4 is 4.74 Å². The number of imidazole rings is 1. The molecule has 0 aliphatic heterocycles. The molecule has 5 nitrogen and oxygen atoms in total. The van der Waals surface area contributed by atoms with Gasteiger partial charge in [0.15, 0.2) is 0 Å². The third-order valence-electron chi connectivity index (χ3n) is 11.1. The molecule has 3 aromatic heterocycles. The van der Waals surface area contributed by atoms with Crippen LogP contribution in [0, 0.1) is 10.7 Å². The minimum atomic E-state index is -2.35. The number of nitrogens with zero attached hydrogens (tertiary/aromatic N) is 4. The summed E-state index contributed by atoms with van der Waals surface area (Å²) in [6, 6.07) is 39.6. The zero-order valence-corrected chi connectivity index (χ0v) is 32.9. The van der Waals surface area contributed by atoms with E-state index < -0.39 is 6.85 Å². The zero-order valence-electron chi connectivity index (χ0n) is 33.6. The molecular formula is C47H44N4OPt. The fourth-order valence-corrected chi connectivity index (χ4v) is 9.17. The molecule has 0 radical (unpaired) electrons. The average Bonchev–Trinajstić information content (AvgIpc) is 3.64. The summed E-state index contributed by atoms with van der Waals surface area (Å²) in [5.74, 6) is 2.48. The predicted octanol–water partition coefficient (Wildman–Crippen LogP) is 12.1. The second kappa shape index (κ2) is 12.8. The SMILES string of the molecule is [2H]C([2H])([2H])c1cc(-n2c3ccccc3c3ccc(Oc4ccc5c(c4)C(n4[c](=[Pt])n(C)c6ccccc64)CCC5C)cc32)ncc1-c1ccc(C(C)(C)C)cc1. The van der Waals surface area contributed by atoms with Gasteiger partial charge in [-0.2, -0.15) is 0 Å². The number of aryl methyl sites for hydroxylation is 2. The van der Waals surface area contributed by atoms with Gasteiger partial charge in [0, 0.05) is 15.9 Å². The predicted molar refractivity (Wildman–Crippen MR) is 214 cm³/mol. The molecule has 2 unspecified atom stereocenters. The first kappa shape index (κ1) is 30.5. The third-order valence-corrected chi connectivity index (χ3v) is 12.4. The Kier molecular flexibility index (Phi) is 7.39. The Labute approximate surface area is 326 Å². The largest absolute Gasteiger partial charge is 0.238 e. The van der Waals surface area contributed by atoms with Crippen LogP contribution in [-0.4, -0.2) is 18.7 Å². The number of benzene rings is 5. The summed E-state index contributed by atoms with van der Waals surface area (Å²) in [5.41, 5.74) is 9.83. The summed E-state index contributed by atoms with van der Waals surface area (Å²) in [4.78, 5) is 4.95. The first-order chi connectivity index (χ1) is 26.8. The van der Waals surface area contributed by atoms with Crippen molar-refractivity contribution >= 4 is 32.8 Å². The molecule has 0 saturated carbocycles. The maximum absolute atomic E-state index is 8.59. The van der Waals surface area contributed by atoms with Crippen LogP contribution in [0.4, 0.5) is 0 Å². The zero-order chi connectivity index (χ0) is 39.1. The molecule has 0 amide bonds. The Balaban J connectivity index is 1.14. The van der Waals surface area contributed by atoms with Crippen LogP contribution >= 0.6 is 0 Å². The van der Waals surface area contributed by atoms with Gasteiger partial charge in [-0.25, -0.2) is 4.98 Å². The number of para-hydroxylation sites is 3. The van der Waals surface area contributed by atoms with Crippen LogP contribution in [0.3, 0.4) is 0 Å². The quantitative estimate of drug-likeness (QED) is 0.173. The van der Waals surface area contributed by atoms with E-state index in [1.54, 1.807) is 12.3 Å². The van der Waals surface area contributed by atoms with E-state index in [0.717, 1.165) is 46.0 Å². The summed E-state index contributed by atoms with van der Waals surface area (Å²) in [5, 5.41) is 2.09. The molecule has 8 aromatic rings. The number of rotatable bonds is 5. The number of fused-ring (bicyclic) bond motifs is 5. The number of hydrogen-bond acceptors (Lipinski definition) is 2. The van der Waals surface area contributed by atoms with E-state index in [2.05, 4.69) is 141 Å². The Morgan fingerprint density at radius 1 is 0.755 bits per heavy atom. The summed E-state index contributed by atoms with van der Waals surface area (Å²) in [6.07, 6.45) is 3.88. The van der Waals surface area contributed by atoms with Crippen LogP contribution in [-0.2, 0) is 31.8 Å². The Morgan fingerprint density at radius 3 is 2.23 bits per heavy atom. The maximum atomic E-state index is 8.59. The Bertz CT molecular complexity index is 2880. The minimum absolute atomic E-state index is 0.0110. The summed E-state index contributed by atoms with van der Waals surface area (Å²) in [6.45, 7) is 6.48. The molecule has 1 aliphatic rings. The molecule has 9 rings (SSSR count). The fraction of sp³-hybridized carbons (Fsp3) is 0.234. The molecule has 1 aliphatic carbocycles. The van der Waals surface area contributed by atoms with E-state index in [9.17, 15) is 0 Å². The van der Waals surface area contributed by atoms with Crippen molar-refractivity contribution in [2.75, 3.05) is 0 Å². The summed E-state index contributed by atoms with van der Waals surface area (Å²) < 4.78 is 40.5. The van der Waals surface area contributed by atoms with Crippen molar-refractivity contribution in [2.45, 2.75) is 64.8 Å². The van der Waals surface area contributed by atoms with Crippen molar-refractivity contribution in [3.05, 3.63) is 148 Å². The van der Waals surface area contributed by atoms with Gasteiger partial charge < -0.3 is 0 Å². The molecule has 5 aromatic carbocycles. The van der Waals surface area contributed by atoms with E-state index >= 15 is 0 Å². The molecule has 6 heteroatoms. The summed E-state index contributed by atoms with van der Waals surface area (Å²) >= 11 is 2.46. The second-order valence-corrected chi connectivity index (χ2v) is 16.5. The number of aromatic nitrogens is 4. The van der Waals surface area contributed by atoms with E-state index in [-0.39, 0.29) is 17.0 Å². The smallest absolute Gasteiger partial charge is 0.0374 e. The normalized spacial score (nSPS) is 17.2. The van der Waals surface area contributed by atoms with Crippen molar-refractivity contribution < 1.29 is 28.2 Å². The van der Waals surface area contributed by atoms with Gasteiger partial charge in [-0.1, -0.05) is 63.2 Å². The first-order valence-electron chi connectivity index (χ1n) is 19.9. The van der Waals surface area contributed by atoms with Gasteiger partial charge in [0.1, 0.15) is 0 Å². The first-order valence-corrected chi connectivity index (χ1v) is 19.5. The molecule has 268 valence electrons. The van der Waals surface area contributed by atoms with Gasteiger partial charge in [-0.3, -0.25) is 0 Å². The molecule has 0 saturated heterocycles. The molecular weight excluding hydrogens is 832 g/mol. The number of pyridine rings is 1. The van der Waals surface area contributed by atoms with Crippen molar-refractivity contribution in [2.24, 2.45) is 7.05 Å². The van der Waals surface area contributed by atoms with E-state index in [1.807, 2.05) is 36.4 Å². The van der Waals surface area contributed by atoms with Gasteiger partial charge in [0.25, 0.3) is 0 Å². The Morgan fingerprint density at radius 2 is 1.45 bits per heavy atom. The number of ether oxygens (including phenoxy) is 1. The molecule has 3 heterocycles. The minimum Gasteiger partial charge on any atom is -0.238 e. The van der Waals surface area contributed by atoms with Crippen LogP contribution in [0.2, 0.25) is 0 Å². The van der Waals surface area contributed by atoms with E-state index in [1.165, 1.54) is 31.5 Å². The average molecular weight is 879 g/mol. The maximum Gasteiger partial charge on any atom is 0.0374 e. The monoisotopic (exact) mass is 878 g/mol. The third kappa shape index (κ3) is 5.72. The molecule has 0 fully saturated rings. The molecule has 0 N–H and O–H groups in total. The van der Waals surface area contributed by atoms with Gasteiger partial charge >= 0.3 is 202 Å². The molecule has 0 spiro atoms. The van der Waals surface area contributed by atoms with Crippen molar-refractivity contribution in [1.82, 2.24) is 18.7 Å². The molecule has 0 bridgehead atoms. The van der Waals surface area contributed by atoms with Crippen molar-refractivity contribution in [1.29, 1.82) is 0 Å². The van der Waals surface area contributed by atoms with Crippen molar-refractivity contribution in [3.63, 3.8) is 0 Å². The van der Waals surface area contributed by atoms with E-state index in [4.69, 9.17) is 13.8 Å². The van der Waals surface area contributed by atoms with Crippen LogP contribution in [0.1, 0.15) is 78.9 Å². The van der Waals surface area contributed by atoms with Gasteiger partial charge in [0.2, 0.25) is 0 Å². The summed E-state index contributed by atoms with van der Waals surface area (Å²) in [7, 11) is 2.14. The van der Waals surface area contributed by atoms with Gasteiger partial charge in [-0.15, -0.1) is 0 Å². The molecule has 2 atom stereocenters. The topological polar surface area (TPSA) is 36.9 Å².